The van der Waals surface area contributed by atoms with Crippen LogP contribution in [-0.2, 0) is 13.2 Å². The summed E-state index contributed by atoms with van der Waals surface area (Å²) >= 11 is 0. The zero-order valence-electron chi connectivity index (χ0n) is 15.6. The number of pyridine rings is 1. The van der Waals surface area contributed by atoms with Gasteiger partial charge in [-0.2, -0.15) is 0 Å². The zero-order chi connectivity index (χ0) is 20.1. The number of rotatable bonds is 7. The van der Waals surface area contributed by atoms with E-state index in [2.05, 4.69) is 4.98 Å². The second-order valence-electron chi connectivity index (χ2n) is 6.55. The van der Waals surface area contributed by atoms with Crippen LogP contribution in [0.5, 0.6) is 11.5 Å². The van der Waals surface area contributed by atoms with Crippen molar-refractivity contribution in [1.82, 2.24) is 4.98 Å². The molecule has 144 valence electrons. The first-order chi connectivity index (χ1) is 14.2. The Bertz CT molecular complexity index is 1140. The van der Waals surface area contributed by atoms with Crippen LogP contribution < -0.4 is 9.47 Å². The molecule has 0 atom stereocenters. The lowest BCUT2D eigenvalue weighted by Crippen LogP contribution is -2.00. The summed E-state index contributed by atoms with van der Waals surface area (Å²) in [5.41, 5.74) is 2.86. The van der Waals surface area contributed by atoms with E-state index in [1.807, 2.05) is 66.7 Å². The average molecular weight is 385 g/mol. The molecule has 1 heterocycles. The van der Waals surface area contributed by atoms with Crippen LogP contribution in [0.1, 0.15) is 21.6 Å². The molecule has 0 bridgehead atoms. The fourth-order valence-electron chi connectivity index (χ4n) is 2.94. The Labute approximate surface area is 168 Å². The van der Waals surface area contributed by atoms with Crippen LogP contribution in [0.3, 0.4) is 0 Å². The predicted octanol–water partition coefficient (Wildman–Crippen LogP) is 5.09. The molecule has 0 spiro atoms. The van der Waals surface area contributed by atoms with Crippen LogP contribution >= 0.6 is 0 Å². The van der Waals surface area contributed by atoms with Crippen LogP contribution in [0.25, 0.3) is 10.9 Å². The van der Waals surface area contributed by atoms with Crippen LogP contribution in [0.2, 0.25) is 0 Å². The van der Waals surface area contributed by atoms with Crippen molar-refractivity contribution in [1.29, 1.82) is 0 Å². The van der Waals surface area contributed by atoms with E-state index < -0.39 is 5.97 Å². The van der Waals surface area contributed by atoms with Gasteiger partial charge in [0.2, 0.25) is 0 Å². The molecule has 0 saturated heterocycles. The third kappa shape index (κ3) is 4.71. The van der Waals surface area contributed by atoms with Gasteiger partial charge in [0.25, 0.3) is 0 Å². The zero-order valence-corrected chi connectivity index (χ0v) is 15.6. The largest absolute Gasteiger partial charge is 0.489 e. The Hall–Kier alpha value is -3.86. The van der Waals surface area contributed by atoms with Gasteiger partial charge in [0.1, 0.15) is 24.7 Å². The van der Waals surface area contributed by atoms with Gasteiger partial charge in [-0.3, -0.25) is 0 Å². The maximum Gasteiger partial charge on any atom is 0.335 e. The fraction of sp³-hybridized carbons (Fsp3) is 0.0833. The summed E-state index contributed by atoms with van der Waals surface area (Å²) in [4.78, 5) is 15.6. The molecule has 5 heteroatoms. The normalized spacial score (nSPS) is 10.6. The van der Waals surface area contributed by atoms with Crippen LogP contribution in [0.15, 0.2) is 84.9 Å². The van der Waals surface area contributed by atoms with Gasteiger partial charge in [-0.15, -0.1) is 0 Å². The van der Waals surface area contributed by atoms with Gasteiger partial charge in [-0.05, 0) is 54.1 Å². The predicted molar refractivity (Wildman–Crippen MR) is 110 cm³/mol. The Kier molecular flexibility index (Phi) is 5.38. The van der Waals surface area contributed by atoms with Crippen molar-refractivity contribution in [2.24, 2.45) is 0 Å². The Morgan fingerprint density at radius 2 is 1.52 bits per heavy atom. The second-order valence-corrected chi connectivity index (χ2v) is 6.55. The maximum absolute atomic E-state index is 11.0. The van der Waals surface area contributed by atoms with Crippen LogP contribution in [0.4, 0.5) is 0 Å². The summed E-state index contributed by atoms with van der Waals surface area (Å²) in [5, 5.41) is 10.2. The summed E-state index contributed by atoms with van der Waals surface area (Å²) < 4.78 is 11.5. The molecule has 1 aromatic heterocycles. The summed E-state index contributed by atoms with van der Waals surface area (Å²) in [6.07, 6.45) is 0. The molecule has 0 aliphatic heterocycles. The molecule has 4 aromatic rings. The van der Waals surface area contributed by atoms with Gasteiger partial charge in [-0.25, -0.2) is 9.78 Å². The summed E-state index contributed by atoms with van der Waals surface area (Å²) in [6, 6.07) is 26.0. The first-order valence-corrected chi connectivity index (χ1v) is 9.20. The number of benzene rings is 3. The number of nitrogens with zero attached hydrogens (tertiary/aromatic N) is 1. The number of carbonyl (C=O) groups is 1. The third-order valence-electron chi connectivity index (χ3n) is 4.45. The van der Waals surface area contributed by atoms with E-state index in [0.717, 1.165) is 27.9 Å². The SMILES string of the molecule is O=C(O)c1cccc(COc2ccc(OCc3ccc4ccccc4n3)cc2)c1. The number of ether oxygens (including phenoxy) is 2. The number of fused-ring (bicyclic) bond motifs is 1. The number of carboxylic acids is 1. The van der Waals surface area contributed by atoms with E-state index in [-0.39, 0.29) is 5.56 Å². The quantitative estimate of drug-likeness (QED) is 0.480. The molecule has 0 amide bonds. The minimum absolute atomic E-state index is 0.247. The van der Waals surface area contributed by atoms with Gasteiger partial charge in [-0.1, -0.05) is 36.4 Å². The minimum atomic E-state index is -0.950. The van der Waals surface area contributed by atoms with Crippen molar-refractivity contribution in [3.63, 3.8) is 0 Å². The summed E-state index contributed by atoms with van der Waals surface area (Å²) in [6.45, 7) is 0.676. The van der Waals surface area contributed by atoms with Gasteiger partial charge >= 0.3 is 5.97 Å². The molecule has 3 aromatic carbocycles. The molecule has 1 N–H and O–H groups in total. The van der Waals surface area contributed by atoms with Crippen molar-refractivity contribution < 1.29 is 19.4 Å². The number of para-hydroxylation sites is 1. The van der Waals surface area contributed by atoms with E-state index in [0.29, 0.717) is 19.0 Å². The fourth-order valence-corrected chi connectivity index (χ4v) is 2.94. The van der Waals surface area contributed by atoms with Crippen molar-refractivity contribution >= 4 is 16.9 Å². The number of hydrogen-bond acceptors (Lipinski definition) is 4. The van der Waals surface area contributed by atoms with Crippen LogP contribution in [0, 0.1) is 0 Å². The molecule has 0 radical (unpaired) electrons. The standard InChI is InChI=1S/C24H19NO4/c26-24(27)19-6-3-4-17(14-19)15-28-21-10-12-22(13-11-21)29-16-20-9-8-18-5-1-2-7-23(18)25-20/h1-14H,15-16H2,(H,26,27). The highest BCUT2D eigenvalue weighted by Gasteiger charge is 2.04. The highest BCUT2D eigenvalue weighted by Crippen LogP contribution is 2.20. The van der Waals surface area contributed by atoms with Gasteiger partial charge in [0.15, 0.2) is 0 Å². The maximum atomic E-state index is 11.0. The van der Waals surface area contributed by atoms with Gasteiger partial charge in [0, 0.05) is 5.39 Å². The lowest BCUT2D eigenvalue weighted by atomic mass is 10.1. The molecule has 29 heavy (non-hydrogen) atoms. The molecule has 5 nitrogen and oxygen atoms in total. The number of aromatic carboxylic acids is 1. The first-order valence-electron chi connectivity index (χ1n) is 9.20. The summed E-state index contributed by atoms with van der Waals surface area (Å²) in [7, 11) is 0. The lowest BCUT2D eigenvalue weighted by molar-refractivity contribution is 0.0696. The summed E-state index contributed by atoms with van der Waals surface area (Å²) in [5.74, 6) is 0.455. The monoisotopic (exact) mass is 385 g/mol. The number of carboxylic acid groups (broad SMARTS) is 1. The van der Waals surface area contributed by atoms with E-state index in [4.69, 9.17) is 14.6 Å². The Morgan fingerprint density at radius 3 is 2.28 bits per heavy atom. The van der Waals surface area contributed by atoms with Crippen molar-refractivity contribution in [2.75, 3.05) is 0 Å². The highest BCUT2D eigenvalue weighted by molar-refractivity contribution is 5.87. The van der Waals surface area contributed by atoms with Gasteiger partial charge in [0.05, 0.1) is 16.8 Å². The highest BCUT2D eigenvalue weighted by atomic mass is 16.5. The average Bonchev–Trinajstić information content (AvgIpc) is 2.77. The van der Waals surface area contributed by atoms with Crippen molar-refractivity contribution in [3.05, 3.63) is 102 Å². The first kappa shape index (κ1) is 18.5. The molecular weight excluding hydrogens is 366 g/mol. The van der Waals surface area contributed by atoms with E-state index in [1.54, 1.807) is 18.2 Å². The van der Waals surface area contributed by atoms with E-state index in [9.17, 15) is 4.79 Å². The minimum Gasteiger partial charge on any atom is -0.489 e. The van der Waals surface area contributed by atoms with E-state index >= 15 is 0 Å². The van der Waals surface area contributed by atoms with Crippen molar-refractivity contribution in [2.45, 2.75) is 13.2 Å². The molecule has 4 rings (SSSR count). The molecule has 0 fully saturated rings. The molecule has 0 unspecified atom stereocenters. The number of aromatic nitrogens is 1. The second kappa shape index (κ2) is 8.44. The van der Waals surface area contributed by atoms with E-state index in [1.165, 1.54) is 0 Å². The molecule has 0 aliphatic carbocycles. The third-order valence-corrected chi connectivity index (χ3v) is 4.45. The topological polar surface area (TPSA) is 68.7 Å². The van der Waals surface area contributed by atoms with Gasteiger partial charge < -0.3 is 14.6 Å². The number of hydrogen-bond donors (Lipinski definition) is 1. The molecule has 0 aliphatic rings. The Balaban J connectivity index is 1.34. The van der Waals surface area contributed by atoms with Crippen LogP contribution in [-0.4, -0.2) is 16.1 Å². The molecular formula is C24H19NO4. The lowest BCUT2D eigenvalue weighted by Gasteiger charge is -2.09. The Morgan fingerprint density at radius 1 is 0.793 bits per heavy atom. The molecule has 0 saturated carbocycles. The van der Waals surface area contributed by atoms with Crippen molar-refractivity contribution in [3.8, 4) is 11.5 Å². The smallest absolute Gasteiger partial charge is 0.335 e.